The number of benzene rings is 1. The Morgan fingerprint density at radius 3 is 2.47 bits per heavy atom. The van der Waals surface area contributed by atoms with Crippen LogP contribution >= 0.6 is 0 Å². The number of hydrogen-bond donors (Lipinski definition) is 1. The Morgan fingerprint density at radius 1 is 1.26 bits per heavy atom. The summed E-state index contributed by atoms with van der Waals surface area (Å²) in [6.45, 7) is 3.82. The molecule has 1 N–H and O–H groups in total. The molecule has 0 saturated heterocycles. The molecule has 1 aromatic heterocycles. The van der Waals surface area contributed by atoms with Crippen molar-refractivity contribution < 1.29 is 18.3 Å². The molecule has 0 bridgehead atoms. The summed E-state index contributed by atoms with van der Waals surface area (Å²) in [5.74, 6) is 0. The van der Waals surface area contributed by atoms with E-state index in [2.05, 4.69) is 0 Å². The third-order valence-electron chi connectivity index (χ3n) is 3.18. The minimum absolute atomic E-state index is 0.0156. The Labute approximate surface area is 109 Å². The SMILES string of the molecule is CC(C)n1cc(CCO)c2ccc(C(F)(F)F)cc21. The minimum Gasteiger partial charge on any atom is -0.396 e. The fourth-order valence-electron chi connectivity index (χ4n) is 2.25. The van der Waals surface area contributed by atoms with E-state index in [0.29, 0.717) is 11.9 Å². The van der Waals surface area contributed by atoms with E-state index in [4.69, 9.17) is 5.11 Å². The van der Waals surface area contributed by atoms with Gasteiger partial charge in [-0.05, 0) is 38.0 Å². The number of aromatic nitrogens is 1. The van der Waals surface area contributed by atoms with Crippen LogP contribution in [0.1, 0.15) is 31.0 Å². The third kappa shape index (κ3) is 2.61. The molecule has 0 unspecified atom stereocenters. The molecule has 104 valence electrons. The van der Waals surface area contributed by atoms with Crippen LogP contribution in [0.15, 0.2) is 24.4 Å². The molecule has 0 atom stereocenters. The lowest BCUT2D eigenvalue weighted by atomic mass is 10.1. The van der Waals surface area contributed by atoms with E-state index in [-0.39, 0.29) is 12.6 Å². The van der Waals surface area contributed by atoms with Gasteiger partial charge in [-0.25, -0.2) is 0 Å². The van der Waals surface area contributed by atoms with Crippen LogP contribution in [0.4, 0.5) is 13.2 Å². The van der Waals surface area contributed by atoms with E-state index in [0.717, 1.165) is 17.0 Å². The number of hydrogen-bond acceptors (Lipinski definition) is 1. The van der Waals surface area contributed by atoms with Gasteiger partial charge < -0.3 is 9.67 Å². The number of fused-ring (bicyclic) bond motifs is 1. The van der Waals surface area contributed by atoms with Gasteiger partial charge in [0.25, 0.3) is 0 Å². The molecule has 0 aliphatic heterocycles. The number of rotatable bonds is 3. The number of alkyl halides is 3. The molecule has 5 heteroatoms. The van der Waals surface area contributed by atoms with Crippen LogP contribution in [0.5, 0.6) is 0 Å². The Morgan fingerprint density at radius 2 is 1.95 bits per heavy atom. The van der Waals surface area contributed by atoms with Gasteiger partial charge in [-0.15, -0.1) is 0 Å². The van der Waals surface area contributed by atoms with Gasteiger partial charge in [0.15, 0.2) is 0 Å². The molecular formula is C14H16F3NO. The summed E-state index contributed by atoms with van der Waals surface area (Å²) >= 11 is 0. The highest BCUT2D eigenvalue weighted by Crippen LogP contribution is 2.33. The first-order valence-electron chi connectivity index (χ1n) is 6.16. The lowest BCUT2D eigenvalue weighted by Gasteiger charge is -2.11. The number of aliphatic hydroxyl groups excluding tert-OH is 1. The molecule has 1 heterocycles. The van der Waals surface area contributed by atoms with Gasteiger partial charge in [-0.2, -0.15) is 13.2 Å². The first-order valence-corrected chi connectivity index (χ1v) is 6.16. The second-order valence-electron chi connectivity index (χ2n) is 4.86. The molecule has 0 radical (unpaired) electrons. The lowest BCUT2D eigenvalue weighted by molar-refractivity contribution is -0.137. The van der Waals surface area contributed by atoms with E-state index in [1.54, 1.807) is 0 Å². The van der Waals surface area contributed by atoms with Crippen LogP contribution < -0.4 is 0 Å². The van der Waals surface area contributed by atoms with Crippen molar-refractivity contribution in [3.63, 3.8) is 0 Å². The first kappa shape index (κ1) is 13.9. The summed E-state index contributed by atoms with van der Waals surface area (Å²) in [7, 11) is 0. The van der Waals surface area contributed by atoms with Crippen LogP contribution in [0, 0.1) is 0 Å². The molecule has 0 saturated carbocycles. The van der Waals surface area contributed by atoms with E-state index in [1.807, 2.05) is 24.6 Å². The zero-order chi connectivity index (χ0) is 14.2. The molecule has 2 rings (SSSR count). The van der Waals surface area contributed by atoms with Crippen LogP contribution in [-0.4, -0.2) is 16.3 Å². The first-order chi connectivity index (χ1) is 8.84. The monoisotopic (exact) mass is 271 g/mol. The highest BCUT2D eigenvalue weighted by atomic mass is 19.4. The average molecular weight is 271 g/mol. The second kappa shape index (κ2) is 4.89. The lowest BCUT2D eigenvalue weighted by Crippen LogP contribution is -2.05. The van der Waals surface area contributed by atoms with Gasteiger partial charge in [0.2, 0.25) is 0 Å². The molecule has 1 aromatic carbocycles. The maximum Gasteiger partial charge on any atom is 0.416 e. The fraction of sp³-hybridized carbons (Fsp3) is 0.429. The highest BCUT2D eigenvalue weighted by Gasteiger charge is 2.31. The van der Waals surface area contributed by atoms with Gasteiger partial charge in [-0.3, -0.25) is 0 Å². The van der Waals surface area contributed by atoms with Gasteiger partial charge in [0.1, 0.15) is 0 Å². The maximum atomic E-state index is 12.8. The van der Waals surface area contributed by atoms with Crippen LogP contribution in [0.2, 0.25) is 0 Å². The summed E-state index contributed by atoms with van der Waals surface area (Å²) < 4.78 is 40.1. The van der Waals surface area contributed by atoms with Crippen molar-refractivity contribution in [2.45, 2.75) is 32.5 Å². The van der Waals surface area contributed by atoms with E-state index < -0.39 is 11.7 Å². The Kier molecular flexibility index (Phi) is 3.58. The van der Waals surface area contributed by atoms with Gasteiger partial charge >= 0.3 is 6.18 Å². The molecule has 0 aliphatic rings. The zero-order valence-electron chi connectivity index (χ0n) is 10.8. The van der Waals surface area contributed by atoms with Gasteiger partial charge in [0, 0.05) is 29.7 Å². The summed E-state index contributed by atoms with van der Waals surface area (Å²) in [4.78, 5) is 0. The number of aliphatic hydroxyl groups is 1. The largest absolute Gasteiger partial charge is 0.416 e. The summed E-state index contributed by atoms with van der Waals surface area (Å²) in [5.41, 5.74) is 0.795. The average Bonchev–Trinajstić information content (AvgIpc) is 2.67. The normalized spacial score (nSPS) is 12.6. The third-order valence-corrected chi connectivity index (χ3v) is 3.18. The maximum absolute atomic E-state index is 12.8. The summed E-state index contributed by atoms with van der Waals surface area (Å²) in [6, 6.07) is 3.82. The minimum atomic E-state index is -4.34. The van der Waals surface area contributed by atoms with Crippen molar-refractivity contribution >= 4 is 10.9 Å². The van der Waals surface area contributed by atoms with Crippen molar-refractivity contribution in [3.8, 4) is 0 Å². The molecule has 2 aromatic rings. The van der Waals surface area contributed by atoms with E-state index in [1.165, 1.54) is 12.1 Å². The van der Waals surface area contributed by atoms with Gasteiger partial charge in [-0.1, -0.05) is 6.07 Å². The van der Waals surface area contributed by atoms with Crippen LogP contribution in [-0.2, 0) is 12.6 Å². The Balaban J connectivity index is 2.66. The van der Waals surface area contributed by atoms with Crippen LogP contribution in [0.3, 0.4) is 0 Å². The predicted molar refractivity (Wildman–Crippen MR) is 68.1 cm³/mol. The Bertz CT molecular complexity index is 584. The molecule has 0 spiro atoms. The van der Waals surface area contributed by atoms with E-state index >= 15 is 0 Å². The standard InChI is InChI=1S/C14H16F3NO/c1-9(2)18-8-10(5-6-19)12-4-3-11(7-13(12)18)14(15,16)17/h3-4,7-9,19H,5-6H2,1-2H3. The predicted octanol–water partition coefficient (Wildman–Crippen LogP) is 3.78. The molecule has 0 fully saturated rings. The smallest absolute Gasteiger partial charge is 0.396 e. The summed E-state index contributed by atoms with van der Waals surface area (Å²) in [5, 5.41) is 9.80. The topological polar surface area (TPSA) is 25.2 Å². The number of halogens is 3. The second-order valence-corrected chi connectivity index (χ2v) is 4.86. The van der Waals surface area contributed by atoms with Crippen molar-refractivity contribution in [2.75, 3.05) is 6.61 Å². The number of nitrogens with zero attached hydrogens (tertiary/aromatic N) is 1. The summed E-state index contributed by atoms with van der Waals surface area (Å²) in [6.07, 6.45) is -2.06. The van der Waals surface area contributed by atoms with Gasteiger partial charge in [0.05, 0.1) is 5.56 Å². The Hall–Kier alpha value is -1.49. The highest BCUT2D eigenvalue weighted by molar-refractivity contribution is 5.85. The fourth-order valence-corrected chi connectivity index (χ4v) is 2.25. The van der Waals surface area contributed by atoms with Crippen molar-refractivity contribution in [1.82, 2.24) is 4.57 Å². The molecular weight excluding hydrogens is 255 g/mol. The molecule has 0 amide bonds. The quantitative estimate of drug-likeness (QED) is 0.903. The molecule has 0 aliphatic carbocycles. The zero-order valence-corrected chi connectivity index (χ0v) is 10.8. The van der Waals surface area contributed by atoms with Crippen LogP contribution in [0.25, 0.3) is 10.9 Å². The molecule has 2 nitrogen and oxygen atoms in total. The van der Waals surface area contributed by atoms with Crippen molar-refractivity contribution in [1.29, 1.82) is 0 Å². The van der Waals surface area contributed by atoms with Crippen molar-refractivity contribution in [2.24, 2.45) is 0 Å². The van der Waals surface area contributed by atoms with E-state index in [9.17, 15) is 13.2 Å². The van der Waals surface area contributed by atoms with Crippen molar-refractivity contribution in [3.05, 3.63) is 35.5 Å². The molecule has 19 heavy (non-hydrogen) atoms.